The number of benzene rings is 1. The molecule has 0 amide bonds. The van der Waals surface area contributed by atoms with Gasteiger partial charge in [0.15, 0.2) is 5.76 Å². The van der Waals surface area contributed by atoms with Crippen molar-refractivity contribution in [1.82, 2.24) is 9.88 Å². The first-order valence-corrected chi connectivity index (χ1v) is 9.21. The van der Waals surface area contributed by atoms with E-state index >= 15 is 0 Å². The van der Waals surface area contributed by atoms with Crippen molar-refractivity contribution in [2.45, 2.75) is 11.5 Å². The molecule has 1 aromatic carbocycles. The van der Waals surface area contributed by atoms with Gasteiger partial charge in [0.1, 0.15) is 22.9 Å². The molecule has 2 aromatic heterocycles. The first kappa shape index (κ1) is 18.7. The normalized spacial score (nSPS) is 11.3. The second-order valence-electron chi connectivity index (χ2n) is 5.31. The molecule has 0 fully saturated rings. The fourth-order valence-corrected chi connectivity index (χ4v) is 3.18. The Morgan fingerprint density at radius 3 is 2.70 bits per heavy atom. The molecule has 0 aliphatic carbocycles. The fraction of sp³-hybridized carbons (Fsp3) is 0.176. The molecule has 0 saturated carbocycles. The third-order valence-electron chi connectivity index (χ3n) is 3.63. The summed E-state index contributed by atoms with van der Waals surface area (Å²) in [5, 5.41) is 3.80. The Labute approximate surface area is 154 Å². The third-order valence-corrected chi connectivity index (χ3v) is 5.07. The number of esters is 1. The molecule has 0 unspecified atom stereocenters. The molecule has 0 spiro atoms. The molecule has 0 radical (unpaired) electrons. The minimum Gasteiger partial charge on any atom is -0.495 e. The average Bonchev–Trinajstić information content (AvgIpc) is 3.37. The van der Waals surface area contributed by atoms with E-state index < -0.39 is 16.0 Å². The topological polar surface area (TPSA) is 121 Å². The van der Waals surface area contributed by atoms with Gasteiger partial charge in [-0.15, -0.1) is 0 Å². The number of ether oxygens (including phenoxy) is 2. The number of carbonyl (C=O) groups is 1. The van der Waals surface area contributed by atoms with Gasteiger partial charge in [0.2, 0.25) is 15.8 Å². The van der Waals surface area contributed by atoms with E-state index in [1.165, 1.54) is 38.6 Å². The Hall–Kier alpha value is -3.11. The molecule has 2 heterocycles. The molecule has 10 heteroatoms. The maximum Gasteiger partial charge on any atom is 0.338 e. The van der Waals surface area contributed by atoms with Gasteiger partial charge in [0.05, 0.1) is 18.9 Å². The van der Waals surface area contributed by atoms with Crippen LogP contribution in [0.5, 0.6) is 5.75 Å². The minimum absolute atomic E-state index is 0.0550. The Balaban J connectivity index is 1.74. The highest BCUT2D eigenvalue weighted by Gasteiger charge is 2.21. The minimum atomic E-state index is -3.81. The van der Waals surface area contributed by atoms with E-state index in [1.54, 1.807) is 18.2 Å². The van der Waals surface area contributed by atoms with Gasteiger partial charge in [-0.25, -0.2) is 17.9 Å². The SMILES string of the molecule is CNS(=O)(=O)c1cc(C(=O)OCc2cc(-c3ccco3)on2)ccc1OC. The van der Waals surface area contributed by atoms with Crippen LogP contribution in [-0.2, 0) is 21.4 Å². The molecule has 0 aliphatic rings. The van der Waals surface area contributed by atoms with Crippen molar-refractivity contribution < 1.29 is 31.6 Å². The predicted molar refractivity (Wildman–Crippen MR) is 92.6 cm³/mol. The predicted octanol–water partition coefficient (Wildman–Crippen LogP) is 2.21. The number of sulfonamides is 1. The summed E-state index contributed by atoms with van der Waals surface area (Å²) in [6, 6.07) is 8.97. The third kappa shape index (κ3) is 4.01. The molecule has 3 rings (SSSR count). The van der Waals surface area contributed by atoms with E-state index in [4.69, 9.17) is 18.4 Å². The molecular weight excluding hydrogens is 376 g/mol. The van der Waals surface area contributed by atoms with Crippen LogP contribution in [0, 0.1) is 0 Å². The van der Waals surface area contributed by atoms with Crippen molar-refractivity contribution in [1.29, 1.82) is 0 Å². The summed E-state index contributed by atoms with van der Waals surface area (Å²) in [6.45, 7) is -0.150. The molecule has 27 heavy (non-hydrogen) atoms. The van der Waals surface area contributed by atoms with E-state index in [1.807, 2.05) is 0 Å². The molecule has 142 valence electrons. The lowest BCUT2D eigenvalue weighted by Crippen LogP contribution is -2.20. The van der Waals surface area contributed by atoms with Gasteiger partial charge in [-0.2, -0.15) is 0 Å². The lowest BCUT2D eigenvalue weighted by Gasteiger charge is -2.10. The van der Waals surface area contributed by atoms with Crippen LogP contribution >= 0.6 is 0 Å². The number of hydrogen-bond acceptors (Lipinski definition) is 8. The van der Waals surface area contributed by atoms with Crippen LogP contribution in [0.2, 0.25) is 0 Å². The summed E-state index contributed by atoms with van der Waals surface area (Å²) in [5.41, 5.74) is 0.436. The zero-order chi connectivity index (χ0) is 19.4. The summed E-state index contributed by atoms with van der Waals surface area (Å²) in [5.74, 6) is 0.295. The number of aromatic nitrogens is 1. The Bertz CT molecular complexity index is 1040. The van der Waals surface area contributed by atoms with Gasteiger partial charge in [0, 0.05) is 6.07 Å². The Kier molecular flexibility index (Phi) is 5.28. The van der Waals surface area contributed by atoms with Gasteiger partial charge < -0.3 is 18.4 Å². The van der Waals surface area contributed by atoms with E-state index in [0.717, 1.165) is 0 Å². The summed E-state index contributed by atoms with van der Waals surface area (Å²) in [6.07, 6.45) is 1.50. The number of carbonyl (C=O) groups excluding carboxylic acids is 1. The van der Waals surface area contributed by atoms with Gasteiger partial charge in [-0.1, -0.05) is 5.16 Å². The van der Waals surface area contributed by atoms with Crippen molar-refractivity contribution in [3.8, 4) is 17.3 Å². The average molecular weight is 392 g/mol. The van der Waals surface area contributed by atoms with Gasteiger partial charge >= 0.3 is 5.97 Å². The van der Waals surface area contributed by atoms with Crippen LogP contribution in [0.25, 0.3) is 11.5 Å². The van der Waals surface area contributed by atoms with Crippen molar-refractivity contribution in [2.24, 2.45) is 0 Å². The summed E-state index contributed by atoms with van der Waals surface area (Å²) in [4.78, 5) is 12.1. The lowest BCUT2D eigenvalue weighted by atomic mass is 10.2. The summed E-state index contributed by atoms with van der Waals surface area (Å²) < 4.78 is 46.8. The summed E-state index contributed by atoms with van der Waals surface area (Å²) in [7, 11) is -1.21. The van der Waals surface area contributed by atoms with Gasteiger partial charge in [0.25, 0.3) is 0 Å². The van der Waals surface area contributed by atoms with Gasteiger partial charge in [-0.05, 0) is 37.4 Å². The van der Waals surface area contributed by atoms with Crippen molar-refractivity contribution in [2.75, 3.05) is 14.2 Å². The number of rotatable bonds is 7. The van der Waals surface area contributed by atoms with Gasteiger partial charge in [-0.3, -0.25) is 0 Å². The Morgan fingerprint density at radius 1 is 1.22 bits per heavy atom. The van der Waals surface area contributed by atoms with E-state index in [9.17, 15) is 13.2 Å². The highest BCUT2D eigenvalue weighted by Crippen LogP contribution is 2.25. The Morgan fingerprint density at radius 2 is 2.04 bits per heavy atom. The highest BCUT2D eigenvalue weighted by atomic mass is 32.2. The first-order chi connectivity index (χ1) is 12.9. The number of hydrogen-bond donors (Lipinski definition) is 1. The molecule has 9 nitrogen and oxygen atoms in total. The van der Waals surface area contributed by atoms with Crippen LogP contribution in [-0.4, -0.2) is 33.7 Å². The molecule has 0 saturated heterocycles. The second-order valence-corrected chi connectivity index (χ2v) is 7.16. The molecule has 0 atom stereocenters. The molecule has 3 aromatic rings. The summed E-state index contributed by atoms with van der Waals surface area (Å²) >= 11 is 0. The van der Waals surface area contributed by atoms with Crippen molar-refractivity contribution in [3.63, 3.8) is 0 Å². The first-order valence-electron chi connectivity index (χ1n) is 7.73. The molecule has 1 N–H and O–H groups in total. The number of nitrogens with one attached hydrogen (secondary N) is 1. The maximum absolute atomic E-state index is 12.3. The van der Waals surface area contributed by atoms with Crippen LogP contribution in [0.1, 0.15) is 16.1 Å². The van der Waals surface area contributed by atoms with E-state index in [0.29, 0.717) is 17.2 Å². The van der Waals surface area contributed by atoms with Crippen LogP contribution in [0.3, 0.4) is 0 Å². The van der Waals surface area contributed by atoms with Crippen LogP contribution in [0.15, 0.2) is 56.5 Å². The molecule has 0 aliphatic heterocycles. The van der Waals surface area contributed by atoms with Crippen molar-refractivity contribution in [3.05, 3.63) is 53.9 Å². The monoisotopic (exact) mass is 392 g/mol. The van der Waals surface area contributed by atoms with E-state index in [-0.39, 0.29) is 22.8 Å². The largest absolute Gasteiger partial charge is 0.495 e. The number of furan rings is 1. The van der Waals surface area contributed by atoms with Crippen molar-refractivity contribution >= 4 is 16.0 Å². The van der Waals surface area contributed by atoms with E-state index in [2.05, 4.69) is 9.88 Å². The fourth-order valence-electron chi connectivity index (χ4n) is 2.26. The van der Waals surface area contributed by atoms with Crippen LogP contribution in [0.4, 0.5) is 0 Å². The zero-order valence-corrected chi connectivity index (χ0v) is 15.3. The maximum atomic E-state index is 12.3. The zero-order valence-electron chi connectivity index (χ0n) is 14.5. The van der Waals surface area contributed by atoms with Crippen LogP contribution < -0.4 is 9.46 Å². The smallest absolute Gasteiger partial charge is 0.338 e. The molecular formula is C17H16N2O7S. The lowest BCUT2D eigenvalue weighted by molar-refractivity contribution is 0.0464. The molecule has 0 bridgehead atoms. The second kappa shape index (κ2) is 7.64. The standard InChI is InChI=1S/C17H16N2O7S/c1-18-27(21,22)16-8-11(5-6-14(16)23-2)17(20)25-10-12-9-15(26-19-12)13-4-3-7-24-13/h3-9,18H,10H2,1-2H3. The number of methoxy groups -OCH3 is 1. The highest BCUT2D eigenvalue weighted by molar-refractivity contribution is 7.89. The number of nitrogens with zero attached hydrogens (tertiary/aromatic N) is 1. The quantitative estimate of drug-likeness (QED) is 0.608.